The van der Waals surface area contributed by atoms with E-state index in [2.05, 4.69) is 45.5 Å². The standard InChI is InChI=1S/C15H11N3/c1-2-7-13-11(5-1)15(18-17-13)12-6-3-4-10-8-9-16-14(10)12/h1-9,16H,(H,17,18). The Balaban J connectivity index is 2.10. The summed E-state index contributed by atoms with van der Waals surface area (Å²) >= 11 is 0. The average Bonchev–Trinajstić information content (AvgIpc) is 3.05. The molecule has 2 aromatic carbocycles. The molecule has 0 saturated carbocycles. The molecular weight excluding hydrogens is 222 g/mol. The minimum absolute atomic E-state index is 0.999. The predicted octanol–water partition coefficient (Wildman–Crippen LogP) is 3.71. The van der Waals surface area contributed by atoms with E-state index in [4.69, 9.17) is 0 Å². The lowest BCUT2D eigenvalue weighted by Gasteiger charge is -2.00. The van der Waals surface area contributed by atoms with Crippen LogP contribution in [0.25, 0.3) is 33.1 Å². The first-order chi connectivity index (χ1) is 8.93. The van der Waals surface area contributed by atoms with Crippen molar-refractivity contribution in [3.8, 4) is 11.3 Å². The Bertz CT molecular complexity index is 839. The number of hydrogen-bond donors (Lipinski definition) is 2. The van der Waals surface area contributed by atoms with Crippen LogP contribution in [-0.4, -0.2) is 15.2 Å². The second-order valence-corrected chi connectivity index (χ2v) is 4.37. The fraction of sp³-hybridized carbons (Fsp3) is 0. The molecule has 0 bridgehead atoms. The maximum Gasteiger partial charge on any atom is 0.102 e. The van der Waals surface area contributed by atoms with Crippen molar-refractivity contribution in [2.24, 2.45) is 0 Å². The quantitative estimate of drug-likeness (QED) is 0.517. The summed E-state index contributed by atoms with van der Waals surface area (Å²) < 4.78 is 0. The van der Waals surface area contributed by atoms with Gasteiger partial charge in [-0.2, -0.15) is 5.10 Å². The van der Waals surface area contributed by atoms with Gasteiger partial charge in [0.25, 0.3) is 0 Å². The maximum absolute atomic E-state index is 4.45. The van der Waals surface area contributed by atoms with Gasteiger partial charge >= 0.3 is 0 Å². The van der Waals surface area contributed by atoms with Gasteiger partial charge in [0.05, 0.1) is 11.0 Å². The van der Waals surface area contributed by atoms with Crippen LogP contribution in [0.5, 0.6) is 0 Å². The Labute approximate surface area is 103 Å². The van der Waals surface area contributed by atoms with E-state index in [-0.39, 0.29) is 0 Å². The number of rotatable bonds is 1. The number of hydrogen-bond acceptors (Lipinski definition) is 1. The number of nitrogens with one attached hydrogen (secondary N) is 2. The Morgan fingerprint density at radius 2 is 1.83 bits per heavy atom. The van der Waals surface area contributed by atoms with Gasteiger partial charge in [-0.3, -0.25) is 5.10 Å². The van der Waals surface area contributed by atoms with E-state index in [1.807, 2.05) is 24.4 Å². The lowest BCUT2D eigenvalue weighted by molar-refractivity contribution is 1.12. The van der Waals surface area contributed by atoms with E-state index in [1.54, 1.807) is 0 Å². The van der Waals surface area contributed by atoms with Gasteiger partial charge in [0.15, 0.2) is 0 Å². The zero-order valence-corrected chi connectivity index (χ0v) is 9.64. The number of aromatic amines is 2. The molecule has 0 amide bonds. The highest BCUT2D eigenvalue weighted by Gasteiger charge is 2.10. The molecular formula is C15H11N3. The van der Waals surface area contributed by atoms with E-state index < -0.39 is 0 Å². The summed E-state index contributed by atoms with van der Waals surface area (Å²) in [6, 6.07) is 16.5. The Morgan fingerprint density at radius 1 is 0.889 bits per heavy atom. The summed E-state index contributed by atoms with van der Waals surface area (Å²) in [5.74, 6) is 0. The van der Waals surface area contributed by atoms with Crippen molar-refractivity contribution in [1.82, 2.24) is 15.2 Å². The minimum atomic E-state index is 0.999. The summed E-state index contributed by atoms with van der Waals surface area (Å²) in [5.41, 5.74) is 4.33. The van der Waals surface area contributed by atoms with Crippen LogP contribution in [0.3, 0.4) is 0 Å². The molecule has 0 aliphatic rings. The van der Waals surface area contributed by atoms with E-state index in [0.717, 1.165) is 27.7 Å². The molecule has 4 aromatic rings. The molecule has 0 aliphatic carbocycles. The highest BCUT2D eigenvalue weighted by Crippen LogP contribution is 2.30. The van der Waals surface area contributed by atoms with Crippen LogP contribution in [0.4, 0.5) is 0 Å². The molecule has 0 aliphatic heterocycles. The van der Waals surface area contributed by atoms with Gasteiger partial charge in [0, 0.05) is 22.5 Å². The van der Waals surface area contributed by atoms with Crippen LogP contribution in [0.1, 0.15) is 0 Å². The molecule has 0 unspecified atom stereocenters. The maximum atomic E-state index is 4.45. The lowest BCUT2D eigenvalue weighted by atomic mass is 10.1. The molecule has 18 heavy (non-hydrogen) atoms. The fourth-order valence-electron chi connectivity index (χ4n) is 2.45. The Kier molecular flexibility index (Phi) is 1.83. The van der Waals surface area contributed by atoms with Crippen molar-refractivity contribution >= 4 is 21.8 Å². The van der Waals surface area contributed by atoms with Gasteiger partial charge in [-0.05, 0) is 12.1 Å². The van der Waals surface area contributed by atoms with Crippen molar-refractivity contribution < 1.29 is 0 Å². The van der Waals surface area contributed by atoms with Gasteiger partial charge < -0.3 is 4.98 Å². The largest absolute Gasteiger partial charge is 0.361 e. The van der Waals surface area contributed by atoms with E-state index in [1.165, 1.54) is 5.39 Å². The summed E-state index contributed by atoms with van der Waals surface area (Å²) in [6.45, 7) is 0. The molecule has 0 atom stereocenters. The van der Waals surface area contributed by atoms with E-state index >= 15 is 0 Å². The summed E-state index contributed by atoms with van der Waals surface area (Å²) in [5, 5.41) is 9.89. The second-order valence-electron chi connectivity index (χ2n) is 4.37. The van der Waals surface area contributed by atoms with Crippen molar-refractivity contribution in [1.29, 1.82) is 0 Å². The first-order valence-corrected chi connectivity index (χ1v) is 5.93. The normalized spacial score (nSPS) is 11.3. The van der Waals surface area contributed by atoms with Crippen molar-refractivity contribution in [2.45, 2.75) is 0 Å². The number of nitrogens with zero attached hydrogens (tertiary/aromatic N) is 1. The number of para-hydroxylation sites is 2. The van der Waals surface area contributed by atoms with Crippen LogP contribution in [0, 0.1) is 0 Å². The number of H-pyrrole nitrogens is 2. The SMILES string of the molecule is c1cc(-c2n[nH]c3ccccc23)c2[nH]ccc2c1. The van der Waals surface area contributed by atoms with Crippen LogP contribution < -0.4 is 0 Å². The third-order valence-corrected chi connectivity index (χ3v) is 3.31. The molecule has 4 rings (SSSR count). The first kappa shape index (κ1) is 9.48. The molecule has 86 valence electrons. The highest BCUT2D eigenvalue weighted by molar-refractivity contribution is 6.01. The number of fused-ring (bicyclic) bond motifs is 2. The van der Waals surface area contributed by atoms with Crippen molar-refractivity contribution in [2.75, 3.05) is 0 Å². The molecule has 2 heterocycles. The molecule has 3 nitrogen and oxygen atoms in total. The third kappa shape index (κ3) is 1.21. The second kappa shape index (κ2) is 3.47. The molecule has 2 N–H and O–H groups in total. The van der Waals surface area contributed by atoms with Gasteiger partial charge in [0.1, 0.15) is 5.69 Å². The molecule has 0 radical (unpaired) electrons. The zero-order chi connectivity index (χ0) is 11.9. The van der Waals surface area contributed by atoms with Crippen molar-refractivity contribution in [3.63, 3.8) is 0 Å². The van der Waals surface area contributed by atoms with E-state index in [9.17, 15) is 0 Å². The van der Waals surface area contributed by atoms with Gasteiger partial charge in [-0.1, -0.05) is 36.4 Å². The summed E-state index contributed by atoms with van der Waals surface area (Å²) in [7, 11) is 0. The molecule has 0 saturated heterocycles. The summed E-state index contributed by atoms with van der Waals surface area (Å²) in [6.07, 6.45) is 1.96. The van der Waals surface area contributed by atoms with Crippen LogP contribution in [0.15, 0.2) is 54.7 Å². The molecule has 2 aromatic heterocycles. The number of benzene rings is 2. The molecule has 0 fully saturated rings. The van der Waals surface area contributed by atoms with Crippen LogP contribution in [0.2, 0.25) is 0 Å². The fourth-order valence-corrected chi connectivity index (χ4v) is 2.45. The van der Waals surface area contributed by atoms with E-state index in [0.29, 0.717) is 0 Å². The van der Waals surface area contributed by atoms with Gasteiger partial charge in [-0.25, -0.2) is 0 Å². The van der Waals surface area contributed by atoms with Crippen LogP contribution in [-0.2, 0) is 0 Å². The molecule has 0 spiro atoms. The monoisotopic (exact) mass is 233 g/mol. The zero-order valence-electron chi connectivity index (χ0n) is 9.64. The number of aromatic nitrogens is 3. The van der Waals surface area contributed by atoms with Gasteiger partial charge in [0.2, 0.25) is 0 Å². The minimum Gasteiger partial charge on any atom is -0.361 e. The smallest absolute Gasteiger partial charge is 0.102 e. The lowest BCUT2D eigenvalue weighted by Crippen LogP contribution is -1.81. The van der Waals surface area contributed by atoms with Crippen molar-refractivity contribution in [3.05, 3.63) is 54.7 Å². The topological polar surface area (TPSA) is 44.5 Å². The predicted molar refractivity (Wildman–Crippen MR) is 73.4 cm³/mol. The molecule has 3 heteroatoms. The summed E-state index contributed by atoms with van der Waals surface area (Å²) in [4.78, 5) is 3.29. The highest BCUT2D eigenvalue weighted by atomic mass is 15.1. The Hall–Kier alpha value is -2.55. The first-order valence-electron chi connectivity index (χ1n) is 5.93. The van der Waals surface area contributed by atoms with Crippen LogP contribution >= 0.6 is 0 Å². The Morgan fingerprint density at radius 3 is 2.83 bits per heavy atom. The van der Waals surface area contributed by atoms with Gasteiger partial charge in [-0.15, -0.1) is 0 Å². The average molecular weight is 233 g/mol. The third-order valence-electron chi connectivity index (χ3n) is 3.31.